The fraction of sp³-hybridized carbons (Fsp3) is 0.667. The molecule has 1 atom stereocenters. The standard InChI is InChI=1S/C6H13NO2S/c1-3-6(7)4-5-10(2,8)9/h4-6H,3,7H2,1-2H3/b5-4-/t6-/m0/s1. The van der Waals surface area contributed by atoms with Crippen molar-refractivity contribution in [2.75, 3.05) is 6.26 Å². The largest absolute Gasteiger partial charge is 0.324 e. The van der Waals surface area contributed by atoms with Crippen LogP contribution in [0.4, 0.5) is 0 Å². The predicted molar refractivity (Wildman–Crippen MR) is 42.3 cm³/mol. The third-order valence-corrected chi connectivity index (χ3v) is 1.70. The molecule has 0 rings (SSSR count). The minimum Gasteiger partial charge on any atom is -0.324 e. The highest BCUT2D eigenvalue weighted by molar-refractivity contribution is 7.93. The van der Waals surface area contributed by atoms with Gasteiger partial charge >= 0.3 is 0 Å². The predicted octanol–water partition coefficient (Wildman–Crippen LogP) is 0.282. The van der Waals surface area contributed by atoms with Crippen molar-refractivity contribution in [3.05, 3.63) is 11.5 Å². The molecule has 4 heteroatoms. The molecule has 0 saturated heterocycles. The van der Waals surface area contributed by atoms with Gasteiger partial charge in [0.15, 0.2) is 9.84 Å². The van der Waals surface area contributed by atoms with E-state index in [0.29, 0.717) is 0 Å². The van der Waals surface area contributed by atoms with Crippen molar-refractivity contribution >= 4 is 9.84 Å². The van der Waals surface area contributed by atoms with Crippen molar-refractivity contribution < 1.29 is 8.42 Å². The van der Waals surface area contributed by atoms with E-state index in [1.807, 2.05) is 6.92 Å². The van der Waals surface area contributed by atoms with Crippen molar-refractivity contribution in [3.8, 4) is 0 Å². The maximum absolute atomic E-state index is 10.5. The fourth-order valence-corrected chi connectivity index (χ4v) is 0.867. The highest BCUT2D eigenvalue weighted by Gasteiger charge is 1.95. The van der Waals surface area contributed by atoms with Crippen LogP contribution < -0.4 is 5.73 Å². The van der Waals surface area contributed by atoms with Crippen LogP contribution in [0.15, 0.2) is 11.5 Å². The van der Waals surface area contributed by atoms with Crippen molar-refractivity contribution in [1.82, 2.24) is 0 Å². The number of hydrogen-bond donors (Lipinski definition) is 1. The third kappa shape index (κ3) is 5.78. The van der Waals surface area contributed by atoms with E-state index in [-0.39, 0.29) is 6.04 Å². The van der Waals surface area contributed by atoms with E-state index >= 15 is 0 Å². The Morgan fingerprint density at radius 1 is 1.60 bits per heavy atom. The molecule has 0 aliphatic heterocycles. The van der Waals surface area contributed by atoms with E-state index in [1.54, 1.807) is 0 Å². The number of nitrogens with two attached hydrogens (primary N) is 1. The van der Waals surface area contributed by atoms with Crippen LogP contribution in [0, 0.1) is 0 Å². The van der Waals surface area contributed by atoms with E-state index in [4.69, 9.17) is 5.73 Å². The monoisotopic (exact) mass is 163 g/mol. The first kappa shape index (κ1) is 9.65. The Morgan fingerprint density at radius 3 is 2.40 bits per heavy atom. The van der Waals surface area contributed by atoms with Gasteiger partial charge < -0.3 is 5.73 Å². The van der Waals surface area contributed by atoms with Crippen molar-refractivity contribution in [3.63, 3.8) is 0 Å². The van der Waals surface area contributed by atoms with Crippen LogP contribution in [0.3, 0.4) is 0 Å². The van der Waals surface area contributed by atoms with Gasteiger partial charge in [-0.15, -0.1) is 0 Å². The van der Waals surface area contributed by atoms with Gasteiger partial charge in [0.05, 0.1) is 0 Å². The molecule has 10 heavy (non-hydrogen) atoms. The summed E-state index contributed by atoms with van der Waals surface area (Å²) < 4.78 is 21.0. The Balaban J connectivity index is 4.01. The van der Waals surface area contributed by atoms with Crippen molar-refractivity contribution in [1.29, 1.82) is 0 Å². The highest BCUT2D eigenvalue weighted by Crippen LogP contribution is 1.91. The number of sulfone groups is 1. The highest BCUT2D eigenvalue weighted by atomic mass is 32.2. The Bertz CT molecular complexity index is 206. The van der Waals surface area contributed by atoms with Crippen LogP contribution in [0.1, 0.15) is 13.3 Å². The summed E-state index contributed by atoms with van der Waals surface area (Å²) in [5.74, 6) is 0. The zero-order valence-electron chi connectivity index (χ0n) is 6.24. The van der Waals surface area contributed by atoms with Crippen LogP contribution in [0.2, 0.25) is 0 Å². The molecule has 0 aliphatic rings. The molecule has 0 bridgehead atoms. The molecule has 0 aromatic heterocycles. The molecule has 0 heterocycles. The molecule has 0 aromatic rings. The van der Waals surface area contributed by atoms with E-state index in [1.165, 1.54) is 6.08 Å². The average Bonchev–Trinajstić information content (AvgIpc) is 1.81. The Hall–Kier alpha value is -0.350. The Morgan fingerprint density at radius 2 is 2.10 bits per heavy atom. The zero-order valence-corrected chi connectivity index (χ0v) is 7.06. The zero-order chi connectivity index (χ0) is 8.20. The molecule has 0 spiro atoms. The smallest absolute Gasteiger partial charge is 0.168 e. The molecular formula is C6H13NO2S. The van der Waals surface area contributed by atoms with Gasteiger partial charge in [0.25, 0.3) is 0 Å². The fourth-order valence-electron chi connectivity index (χ4n) is 0.380. The lowest BCUT2D eigenvalue weighted by atomic mass is 10.2. The van der Waals surface area contributed by atoms with Crippen LogP contribution >= 0.6 is 0 Å². The molecule has 0 aliphatic carbocycles. The Kier molecular flexibility index (Phi) is 3.60. The molecule has 60 valence electrons. The van der Waals surface area contributed by atoms with Gasteiger partial charge in [0, 0.05) is 17.7 Å². The molecule has 0 aromatic carbocycles. The molecule has 2 N–H and O–H groups in total. The van der Waals surface area contributed by atoms with Gasteiger partial charge in [-0.1, -0.05) is 13.0 Å². The summed E-state index contributed by atoms with van der Waals surface area (Å²) in [6, 6.07) is -0.144. The van der Waals surface area contributed by atoms with E-state index in [0.717, 1.165) is 18.1 Å². The van der Waals surface area contributed by atoms with Crippen LogP contribution in [-0.4, -0.2) is 20.7 Å². The molecule has 0 radical (unpaired) electrons. The summed E-state index contributed by atoms with van der Waals surface area (Å²) in [6.07, 6.45) is 3.40. The van der Waals surface area contributed by atoms with Gasteiger partial charge in [-0.05, 0) is 6.42 Å². The summed E-state index contributed by atoms with van der Waals surface area (Å²) >= 11 is 0. The van der Waals surface area contributed by atoms with Gasteiger partial charge in [-0.3, -0.25) is 0 Å². The van der Waals surface area contributed by atoms with E-state index < -0.39 is 9.84 Å². The lowest BCUT2D eigenvalue weighted by Crippen LogP contribution is -2.15. The first-order valence-electron chi connectivity index (χ1n) is 3.09. The lowest BCUT2D eigenvalue weighted by Gasteiger charge is -1.98. The normalized spacial score (nSPS) is 15.9. The SMILES string of the molecule is CC[C@H](N)/C=C\S(C)(=O)=O. The molecule has 3 nitrogen and oxygen atoms in total. The summed E-state index contributed by atoms with van der Waals surface area (Å²) in [7, 11) is -2.99. The minimum atomic E-state index is -2.99. The maximum atomic E-state index is 10.5. The van der Waals surface area contributed by atoms with Crippen LogP contribution in [-0.2, 0) is 9.84 Å². The van der Waals surface area contributed by atoms with Crippen LogP contribution in [0.25, 0.3) is 0 Å². The second kappa shape index (κ2) is 3.73. The maximum Gasteiger partial charge on any atom is 0.168 e. The third-order valence-electron chi connectivity index (χ3n) is 1.04. The molecular weight excluding hydrogens is 150 g/mol. The lowest BCUT2D eigenvalue weighted by molar-refractivity contribution is 0.609. The van der Waals surface area contributed by atoms with E-state index in [2.05, 4.69) is 0 Å². The molecule has 0 fully saturated rings. The first-order chi connectivity index (χ1) is 4.45. The van der Waals surface area contributed by atoms with Crippen molar-refractivity contribution in [2.24, 2.45) is 5.73 Å². The molecule has 0 unspecified atom stereocenters. The molecule has 0 amide bonds. The molecule has 0 saturated carbocycles. The summed E-state index contributed by atoms with van der Waals surface area (Å²) in [5.41, 5.74) is 5.43. The number of hydrogen-bond acceptors (Lipinski definition) is 3. The van der Waals surface area contributed by atoms with E-state index in [9.17, 15) is 8.42 Å². The summed E-state index contributed by atoms with van der Waals surface area (Å²) in [5, 5.41) is 1.14. The Labute approximate surface area is 61.8 Å². The second-order valence-corrected chi connectivity index (χ2v) is 4.16. The van der Waals surface area contributed by atoms with Gasteiger partial charge in [-0.2, -0.15) is 0 Å². The van der Waals surface area contributed by atoms with Gasteiger partial charge in [0.2, 0.25) is 0 Å². The average molecular weight is 163 g/mol. The minimum absolute atomic E-state index is 0.144. The van der Waals surface area contributed by atoms with Crippen molar-refractivity contribution in [2.45, 2.75) is 19.4 Å². The van der Waals surface area contributed by atoms with Gasteiger partial charge in [0.1, 0.15) is 0 Å². The second-order valence-electron chi connectivity index (χ2n) is 2.23. The quantitative estimate of drug-likeness (QED) is 0.650. The first-order valence-corrected chi connectivity index (χ1v) is 5.05. The summed E-state index contributed by atoms with van der Waals surface area (Å²) in [4.78, 5) is 0. The van der Waals surface area contributed by atoms with Crippen LogP contribution in [0.5, 0.6) is 0 Å². The topological polar surface area (TPSA) is 60.2 Å². The number of rotatable bonds is 3. The van der Waals surface area contributed by atoms with Gasteiger partial charge in [-0.25, -0.2) is 8.42 Å². The summed E-state index contributed by atoms with van der Waals surface area (Å²) in [6.45, 7) is 1.90.